The quantitative estimate of drug-likeness (QED) is 0.344. The molecular weight excluding hydrogens is 480 g/mol. The third-order valence-corrected chi connectivity index (χ3v) is 11.0. The second kappa shape index (κ2) is 9.71. The van der Waals surface area contributed by atoms with Gasteiger partial charge >= 0.3 is 5.97 Å². The van der Waals surface area contributed by atoms with Crippen LogP contribution in [-0.2, 0) is 23.8 Å². The van der Waals surface area contributed by atoms with Crippen molar-refractivity contribution in [3.8, 4) is 0 Å². The minimum atomic E-state index is -1.32. The number of hydrogen-bond donors (Lipinski definition) is 0. The van der Waals surface area contributed by atoms with Crippen molar-refractivity contribution < 1.29 is 28.6 Å². The number of fused-ring (bicyclic) bond motifs is 3. The molecular formula is C32H44O6. The summed E-state index contributed by atoms with van der Waals surface area (Å²) in [6.07, 6.45) is 0.272. The van der Waals surface area contributed by atoms with Gasteiger partial charge in [0.25, 0.3) is 0 Å². The molecule has 3 fully saturated rings. The lowest BCUT2D eigenvalue weighted by Crippen LogP contribution is -2.80. The van der Waals surface area contributed by atoms with Crippen LogP contribution < -0.4 is 0 Å². The Balaban J connectivity index is 2.03. The zero-order valence-corrected chi connectivity index (χ0v) is 24.3. The number of methoxy groups -OCH3 is 2. The molecule has 6 heteroatoms. The highest BCUT2D eigenvalue weighted by Crippen LogP contribution is 2.73. The van der Waals surface area contributed by atoms with Crippen molar-refractivity contribution in [3.05, 3.63) is 48.0 Å². The van der Waals surface area contributed by atoms with Crippen LogP contribution in [0.25, 0.3) is 0 Å². The van der Waals surface area contributed by atoms with Crippen molar-refractivity contribution in [1.29, 1.82) is 0 Å². The number of rotatable bonds is 6. The number of carbonyl (C=O) groups excluding carboxylic acids is 3. The third-order valence-electron chi connectivity index (χ3n) is 11.0. The molecule has 4 rings (SSSR count). The lowest BCUT2D eigenvalue weighted by atomic mass is 9.32. The van der Waals surface area contributed by atoms with Crippen LogP contribution in [0.3, 0.4) is 0 Å². The fraction of sp³-hybridized carbons (Fsp3) is 0.656. The summed E-state index contributed by atoms with van der Waals surface area (Å²) in [7, 11) is 3.23. The van der Waals surface area contributed by atoms with E-state index in [-0.39, 0.29) is 22.9 Å². The van der Waals surface area contributed by atoms with Gasteiger partial charge in [-0.1, -0.05) is 58.0 Å². The molecule has 8 atom stereocenters. The zero-order valence-electron chi connectivity index (χ0n) is 24.3. The number of esters is 1. The molecule has 1 aromatic rings. The van der Waals surface area contributed by atoms with Crippen LogP contribution in [0.1, 0.15) is 77.6 Å². The molecule has 1 aromatic carbocycles. The molecule has 0 radical (unpaired) electrons. The first-order chi connectivity index (χ1) is 17.8. The van der Waals surface area contributed by atoms with Gasteiger partial charge in [0.15, 0.2) is 0 Å². The average Bonchev–Trinajstić information content (AvgIpc) is 2.85. The van der Waals surface area contributed by atoms with Crippen molar-refractivity contribution in [1.82, 2.24) is 0 Å². The smallest absolute Gasteiger partial charge is 0.338 e. The van der Waals surface area contributed by atoms with E-state index in [4.69, 9.17) is 14.2 Å². The lowest BCUT2D eigenvalue weighted by molar-refractivity contribution is -0.308. The summed E-state index contributed by atoms with van der Waals surface area (Å²) in [4.78, 5) is 41.9. The predicted octanol–water partition coefficient (Wildman–Crippen LogP) is 5.84. The molecule has 3 aliphatic rings. The maximum atomic E-state index is 14.3. The number of carbonyl (C=O) groups is 3. The van der Waals surface area contributed by atoms with Crippen LogP contribution in [0, 0.1) is 33.5 Å². The van der Waals surface area contributed by atoms with Gasteiger partial charge in [0, 0.05) is 37.9 Å². The minimum Gasteiger partial charge on any atom is -0.457 e. The minimum absolute atomic E-state index is 0.149. The molecule has 3 saturated carbocycles. The third kappa shape index (κ3) is 3.62. The molecule has 0 N–H and O–H groups in total. The van der Waals surface area contributed by atoms with Crippen LogP contribution in [0.2, 0.25) is 0 Å². The van der Waals surface area contributed by atoms with Gasteiger partial charge in [-0.2, -0.15) is 0 Å². The van der Waals surface area contributed by atoms with E-state index in [9.17, 15) is 14.4 Å². The first-order valence-electron chi connectivity index (χ1n) is 13.8. The van der Waals surface area contributed by atoms with Crippen molar-refractivity contribution in [3.63, 3.8) is 0 Å². The molecule has 208 valence electrons. The Morgan fingerprint density at radius 2 is 1.53 bits per heavy atom. The van der Waals surface area contributed by atoms with Crippen molar-refractivity contribution in [2.24, 2.45) is 33.5 Å². The van der Waals surface area contributed by atoms with Gasteiger partial charge in [0.1, 0.15) is 29.2 Å². The van der Waals surface area contributed by atoms with E-state index in [1.807, 2.05) is 13.0 Å². The van der Waals surface area contributed by atoms with E-state index in [0.717, 1.165) is 12.0 Å². The molecule has 0 bridgehead atoms. The molecule has 1 unspecified atom stereocenters. The van der Waals surface area contributed by atoms with Crippen LogP contribution >= 0.6 is 0 Å². The van der Waals surface area contributed by atoms with Gasteiger partial charge in [0.2, 0.25) is 0 Å². The van der Waals surface area contributed by atoms with E-state index in [1.165, 1.54) is 0 Å². The Hall–Kier alpha value is -2.31. The number of benzene rings is 1. The highest BCUT2D eigenvalue weighted by Gasteiger charge is 2.80. The molecule has 0 spiro atoms. The van der Waals surface area contributed by atoms with Crippen molar-refractivity contribution >= 4 is 17.5 Å². The Morgan fingerprint density at radius 3 is 2.05 bits per heavy atom. The summed E-state index contributed by atoms with van der Waals surface area (Å²) in [5.41, 5.74) is -1.75. The van der Waals surface area contributed by atoms with Crippen molar-refractivity contribution in [2.75, 3.05) is 14.2 Å². The summed E-state index contributed by atoms with van der Waals surface area (Å²) in [5, 5.41) is 0. The lowest BCUT2D eigenvalue weighted by Gasteiger charge is -2.73. The molecule has 38 heavy (non-hydrogen) atoms. The summed E-state index contributed by atoms with van der Waals surface area (Å²) >= 11 is 0. The predicted molar refractivity (Wildman–Crippen MR) is 146 cm³/mol. The summed E-state index contributed by atoms with van der Waals surface area (Å²) in [5.74, 6) is -1.24. The van der Waals surface area contributed by atoms with Gasteiger partial charge in [0.05, 0.1) is 11.7 Å². The van der Waals surface area contributed by atoms with Crippen LogP contribution in [0.5, 0.6) is 0 Å². The van der Waals surface area contributed by atoms with E-state index in [1.54, 1.807) is 45.4 Å². The fourth-order valence-electron chi connectivity index (χ4n) is 8.94. The number of hydrogen-bond acceptors (Lipinski definition) is 6. The molecule has 3 aliphatic carbocycles. The first-order valence-corrected chi connectivity index (χ1v) is 13.8. The second-order valence-electron chi connectivity index (χ2n) is 12.9. The Labute approximate surface area is 227 Å². The SMILES string of the molecule is C=C(C)[C@@H]1CC[C@@]2(C)C3C(=O)CCC(C)(C)[C@@]3(C)[C@H](OC)[C@H](OC)[C@@]2(C(C)=O)[C@@H]1OC(=O)c1ccccc1. The van der Waals surface area contributed by atoms with Gasteiger partial charge < -0.3 is 14.2 Å². The van der Waals surface area contributed by atoms with Crippen LogP contribution in [0.15, 0.2) is 42.5 Å². The van der Waals surface area contributed by atoms with E-state index < -0.39 is 46.4 Å². The second-order valence-corrected chi connectivity index (χ2v) is 12.9. The van der Waals surface area contributed by atoms with E-state index in [0.29, 0.717) is 24.8 Å². The Morgan fingerprint density at radius 1 is 0.921 bits per heavy atom. The van der Waals surface area contributed by atoms with Gasteiger partial charge in [-0.05, 0) is 56.1 Å². The monoisotopic (exact) mass is 524 g/mol. The molecule has 0 aromatic heterocycles. The summed E-state index contributed by atoms with van der Waals surface area (Å²) in [6.45, 7) is 16.3. The number of ketones is 2. The molecule has 0 amide bonds. The van der Waals surface area contributed by atoms with E-state index in [2.05, 4.69) is 34.3 Å². The fourth-order valence-corrected chi connectivity index (χ4v) is 8.94. The maximum Gasteiger partial charge on any atom is 0.338 e. The normalized spacial score (nSPS) is 40.0. The van der Waals surface area contributed by atoms with Gasteiger partial charge in [-0.15, -0.1) is 0 Å². The van der Waals surface area contributed by atoms with Gasteiger partial charge in [-0.25, -0.2) is 4.79 Å². The molecule has 6 nitrogen and oxygen atoms in total. The highest BCUT2D eigenvalue weighted by atomic mass is 16.6. The van der Waals surface area contributed by atoms with Gasteiger partial charge in [-0.3, -0.25) is 9.59 Å². The first kappa shape index (κ1) is 28.7. The Bertz CT molecular complexity index is 1120. The molecule has 0 heterocycles. The summed E-state index contributed by atoms with van der Waals surface area (Å²) < 4.78 is 19.0. The van der Waals surface area contributed by atoms with Crippen LogP contribution in [-0.4, -0.2) is 50.1 Å². The largest absolute Gasteiger partial charge is 0.457 e. The molecule has 0 saturated heterocycles. The average molecular weight is 525 g/mol. The van der Waals surface area contributed by atoms with Crippen LogP contribution in [0.4, 0.5) is 0 Å². The Kier molecular flexibility index (Phi) is 7.33. The summed E-state index contributed by atoms with van der Waals surface area (Å²) in [6, 6.07) is 8.82. The van der Waals surface area contributed by atoms with E-state index >= 15 is 0 Å². The highest BCUT2D eigenvalue weighted by molar-refractivity contribution is 5.92. The topological polar surface area (TPSA) is 78.9 Å². The number of ether oxygens (including phenoxy) is 3. The standard InChI is InChI=1S/C32H44O6/c1-19(2)22-15-18-30(6)24-23(34)16-17-29(4,5)31(24,7)26(36-8)27(37-9)32(30,20(3)33)25(22)38-28(35)21-13-11-10-12-14-21/h10-14,22,24-27H,1,15-18H2,2-9H3/t22-,24?,25+,26+,27-,30-,31+,32+/m0/s1. The maximum absolute atomic E-state index is 14.3. The zero-order chi connectivity index (χ0) is 28.3. The molecule has 0 aliphatic heterocycles. The number of Topliss-reactive ketones (excluding diaryl/α,β-unsaturated/α-hetero) is 2. The van der Waals surface area contributed by atoms with Crippen molar-refractivity contribution in [2.45, 2.75) is 85.5 Å².